The fourth-order valence-corrected chi connectivity index (χ4v) is 5.52. The van der Waals surface area contributed by atoms with E-state index in [-0.39, 0.29) is 24.4 Å². The van der Waals surface area contributed by atoms with Crippen LogP contribution in [0.3, 0.4) is 0 Å². The van der Waals surface area contributed by atoms with E-state index in [0.29, 0.717) is 0 Å². The molecule has 0 bridgehead atoms. The van der Waals surface area contributed by atoms with Gasteiger partial charge in [-0.2, -0.15) is 4.31 Å². The molecule has 2 fully saturated rings. The summed E-state index contributed by atoms with van der Waals surface area (Å²) < 4.78 is 27.0. The van der Waals surface area contributed by atoms with E-state index in [0.717, 1.165) is 25.7 Å². The van der Waals surface area contributed by atoms with E-state index in [2.05, 4.69) is 0 Å². The van der Waals surface area contributed by atoms with Crippen LogP contribution >= 0.6 is 0 Å². The molecular weight excluding hydrogens is 260 g/mol. The van der Waals surface area contributed by atoms with E-state index >= 15 is 0 Å². The molecule has 0 heterocycles. The van der Waals surface area contributed by atoms with Gasteiger partial charge in [-0.05, 0) is 25.7 Å². The van der Waals surface area contributed by atoms with Crippen LogP contribution in [-0.4, -0.2) is 37.1 Å². The monoisotopic (exact) mass is 288 g/mol. The van der Waals surface area contributed by atoms with Crippen molar-refractivity contribution >= 4 is 10.0 Å². The maximum absolute atomic E-state index is 12.6. The largest absolute Gasteiger partial charge is 0.329 e. The molecule has 0 aliphatic heterocycles. The number of nitrogens with two attached hydrogens (primary N) is 1. The van der Waals surface area contributed by atoms with E-state index in [1.54, 1.807) is 0 Å². The van der Waals surface area contributed by atoms with E-state index in [4.69, 9.17) is 5.73 Å². The summed E-state index contributed by atoms with van der Waals surface area (Å²) >= 11 is 0. The van der Waals surface area contributed by atoms with Gasteiger partial charge in [0.2, 0.25) is 10.0 Å². The van der Waals surface area contributed by atoms with Gasteiger partial charge in [0.1, 0.15) is 0 Å². The third-order valence-corrected chi connectivity index (χ3v) is 6.56. The van der Waals surface area contributed by atoms with E-state index in [9.17, 15) is 8.42 Å². The van der Waals surface area contributed by atoms with Crippen molar-refractivity contribution in [2.24, 2.45) is 5.73 Å². The molecule has 2 N–H and O–H groups in total. The van der Waals surface area contributed by atoms with Crippen LogP contribution in [0.1, 0.15) is 64.2 Å². The van der Waals surface area contributed by atoms with Crippen LogP contribution in [0.15, 0.2) is 0 Å². The molecule has 2 aliphatic rings. The highest BCUT2D eigenvalue weighted by Gasteiger charge is 2.36. The van der Waals surface area contributed by atoms with Gasteiger partial charge in [0.05, 0.1) is 5.75 Å². The van der Waals surface area contributed by atoms with Crippen molar-refractivity contribution in [1.29, 1.82) is 0 Å². The summed E-state index contributed by atoms with van der Waals surface area (Å²) in [4.78, 5) is 0. The molecule has 0 atom stereocenters. The molecule has 2 saturated carbocycles. The highest BCUT2D eigenvalue weighted by molar-refractivity contribution is 7.89. The molecule has 0 spiro atoms. The predicted octanol–water partition coefficient (Wildman–Crippen LogP) is 2.24. The SMILES string of the molecule is NCCS(=O)(=O)N(C1CCCCC1)C1CCCCC1. The van der Waals surface area contributed by atoms with Crippen LogP contribution in [0, 0.1) is 0 Å². The number of nitrogens with zero attached hydrogens (tertiary/aromatic N) is 1. The minimum Gasteiger partial charge on any atom is -0.329 e. The summed E-state index contributed by atoms with van der Waals surface area (Å²) in [5.74, 6) is 0.111. The summed E-state index contributed by atoms with van der Waals surface area (Å²) in [6, 6.07) is 0.488. The Bertz CT molecular complexity index is 340. The highest BCUT2D eigenvalue weighted by Crippen LogP contribution is 2.32. The molecule has 2 rings (SSSR count). The molecule has 0 unspecified atom stereocenters. The summed E-state index contributed by atoms with van der Waals surface area (Å²) in [7, 11) is -3.16. The minimum absolute atomic E-state index is 0.111. The highest BCUT2D eigenvalue weighted by atomic mass is 32.2. The average Bonchev–Trinajstić information content (AvgIpc) is 2.41. The van der Waals surface area contributed by atoms with Crippen LogP contribution in [0.2, 0.25) is 0 Å². The van der Waals surface area contributed by atoms with Gasteiger partial charge < -0.3 is 5.73 Å². The molecule has 0 aromatic heterocycles. The lowest BCUT2D eigenvalue weighted by Crippen LogP contribution is -2.50. The van der Waals surface area contributed by atoms with Crippen molar-refractivity contribution in [3.63, 3.8) is 0 Å². The third kappa shape index (κ3) is 3.92. The normalized spacial score (nSPS) is 23.9. The maximum Gasteiger partial charge on any atom is 0.215 e. The molecule has 2 aliphatic carbocycles. The lowest BCUT2D eigenvalue weighted by molar-refractivity contribution is 0.170. The first-order valence-electron chi connectivity index (χ1n) is 7.86. The van der Waals surface area contributed by atoms with Gasteiger partial charge in [-0.15, -0.1) is 0 Å². The Balaban J connectivity index is 2.15. The number of hydrogen-bond acceptors (Lipinski definition) is 3. The first-order valence-corrected chi connectivity index (χ1v) is 9.47. The zero-order valence-corrected chi connectivity index (χ0v) is 12.7. The average molecular weight is 288 g/mol. The summed E-state index contributed by atoms with van der Waals surface area (Å²) in [6.45, 7) is 0.234. The van der Waals surface area contributed by atoms with Crippen LogP contribution in [0.5, 0.6) is 0 Å². The maximum atomic E-state index is 12.6. The Kier molecular flexibility index (Phi) is 5.66. The van der Waals surface area contributed by atoms with Crippen molar-refractivity contribution in [2.75, 3.05) is 12.3 Å². The molecule has 112 valence electrons. The Morgan fingerprint density at radius 2 is 1.26 bits per heavy atom. The molecule has 4 nitrogen and oxygen atoms in total. The van der Waals surface area contributed by atoms with E-state index < -0.39 is 10.0 Å². The molecule has 0 radical (unpaired) electrons. The minimum atomic E-state index is -3.16. The van der Waals surface area contributed by atoms with Crippen molar-refractivity contribution in [3.8, 4) is 0 Å². The topological polar surface area (TPSA) is 63.4 Å². The summed E-state index contributed by atoms with van der Waals surface area (Å²) in [6.07, 6.45) is 11.4. The Labute approximate surface area is 117 Å². The molecule has 19 heavy (non-hydrogen) atoms. The van der Waals surface area contributed by atoms with E-state index in [1.165, 1.54) is 38.5 Å². The van der Waals surface area contributed by atoms with Crippen molar-refractivity contribution in [2.45, 2.75) is 76.3 Å². The van der Waals surface area contributed by atoms with Crippen LogP contribution < -0.4 is 5.73 Å². The predicted molar refractivity (Wildman–Crippen MR) is 78.4 cm³/mol. The lowest BCUT2D eigenvalue weighted by atomic mass is 9.91. The van der Waals surface area contributed by atoms with Gasteiger partial charge in [0, 0.05) is 18.6 Å². The van der Waals surface area contributed by atoms with Crippen LogP contribution in [0.4, 0.5) is 0 Å². The standard InChI is InChI=1S/C14H28N2O2S/c15-11-12-19(17,18)16(13-7-3-1-4-8-13)14-9-5-2-6-10-14/h13-14H,1-12,15H2. The van der Waals surface area contributed by atoms with Gasteiger partial charge in [-0.25, -0.2) is 8.42 Å². The van der Waals surface area contributed by atoms with Gasteiger partial charge in [-0.3, -0.25) is 0 Å². The molecule has 0 aromatic carbocycles. The molecule has 0 aromatic rings. The molecule has 0 saturated heterocycles. The fourth-order valence-electron chi connectivity index (χ4n) is 3.68. The number of rotatable bonds is 5. The summed E-state index contributed by atoms with van der Waals surface area (Å²) in [5.41, 5.74) is 5.51. The van der Waals surface area contributed by atoms with Gasteiger partial charge in [0.25, 0.3) is 0 Å². The zero-order chi connectivity index (χ0) is 13.7. The van der Waals surface area contributed by atoms with Crippen LogP contribution in [0.25, 0.3) is 0 Å². The second-order valence-electron chi connectivity index (χ2n) is 6.02. The van der Waals surface area contributed by atoms with Gasteiger partial charge in [0.15, 0.2) is 0 Å². The number of hydrogen-bond donors (Lipinski definition) is 1. The van der Waals surface area contributed by atoms with Crippen molar-refractivity contribution in [3.05, 3.63) is 0 Å². The van der Waals surface area contributed by atoms with Gasteiger partial charge in [-0.1, -0.05) is 38.5 Å². The Morgan fingerprint density at radius 3 is 1.63 bits per heavy atom. The zero-order valence-electron chi connectivity index (χ0n) is 11.9. The van der Waals surface area contributed by atoms with Gasteiger partial charge >= 0.3 is 0 Å². The van der Waals surface area contributed by atoms with Crippen LogP contribution in [-0.2, 0) is 10.0 Å². The molecular formula is C14H28N2O2S. The second-order valence-corrected chi connectivity index (χ2v) is 8.01. The van der Waals surface area contributed by atoms with E-state index in [1.807, 2.05) is 4.31 Å². The number of sulfonamides is 1. The Hall–Kier alpha value is -0.130. The second kappa shape index (κ2) is 7.04. The van der Waals surface area contributed by atoms with Crippen molar-refractivity contribution < 1.29 is 8.42 Å². The quantitative estimate of drug-likeness (QED) is 0.844. The van der Waals surface area contributed by atoms with Crippen molar-refractivity contribution in [1.82, 2.24) is 4.31 Å². The lowest BCUT2D eigenvalue weighted by Gasteiger charge is -2.40. The first-order chi connectivity index (χ1) is 9.15. The molecule has 0 amide bonds. The molecule has 5 heteroatoms. The third-order valence-electron chi connectivity index (χ3n) is 4.57. The first kappa shape index (κ1) is 15.3. The fraction of sp³-hybridized carbons (Fsp3) is 1.00. The smallest absolute Gasteiger partial charge is 0.215 e. The Morgan fingerprint density at radius 1 is 0.842 bits per heavy atom. The summed E-state index contributed by atoms with van der Waals surface area (Å²) in [5, 5.41) is 0.